The molecule has 0 heterocycles. The van der Waals surface area contributed by atoms with Gasteiger partial charge < -0.3 is 0 Å². The van der Waals surface area contributed by atoms with Crippen LogP contribution in [0.2, 0.25) is 0 Å². The van der Waals surface area contributed by atoms with Crippen molar-refractivity contribution >= 4 is 17.5 Å². The van der Waals surface area contributed by atoms with E-state index in [9.17, 15) is 4.79 Å². The van der Waals surface area contributed by atoms with Gasteiger partial charge in [-0.15, -0.1) is 0 Å². The first kappa shape index (κ1) is 13.7. The number of ketones is 1. The standard InChI is InChI=1S/C19H14OS/c20-19(15-9-3-1-4-10-15)17-13-7-8-14-18(17)21-16-11-5-2-6-12-16/h1-14H. The molecule has 0 unspecified atom stereocenters. The maximum Gasteiger partial charge on any atom is 0.194 e. The van der Waals surface area contributed by atoms with E-state index in [1.54, 1.807) is 11.8 Å². The molecule has 0 saturated carbocycles. The molecule has 0 aliphatic heterocycles. The summed E-state index contributed by atoms with van der Waals surface area (Å²) in [6, 6.07) is 27.3. The van der Waals surface area contributed by atoms with Gasteiger partial charge in [0.2, 0.25) is 0 Å². The van der Waals surface area contributed by atoms with Gasteiger partial charge in [-0.25, -0.2) is 0 Å². The molecule has 3 aromatic rings. The summed E-state index contributed by atoms with van der Waals surface area (Å²) in [6.07, 6.45) is 0. The molecule has 0 spiro atoms. The molecule has 0 aliphatic carbocycles. The van der Waals surface area contributed by atoms with Gasteiger partial charge in [0.25, 0.3) is 0 Å². The Hall–Kier alpha value is -2.32. The predicted octanol–water partition coefficient (Wildman–Crippen LogP) is 5.07. The zero-order valence-corrected chi connectivity index (χ0v) is 12.2. The second kappa shape index (κ2) is 6.42. The maximum absolute atomic E-state index is 12.6. The minimum atomic E-state index is 0.0645. The normalized spacial score (nSPS) is 10.3. The highest BCUT2D eigenvalue weighted by atomic mass is 32.2. The molecule has 0 aromatic heterocycles. The van der Waals surface area contributed by atoms with E-state index >= 15 is 0 Å². The van der Waals surface area contributed by atoms with Crippen molar-refractivity contribution in [3.63, 3.8) is 0 Å². The average Bonchev–Trinajstić information content (AvgIpc) is 2.56. The second-order valence-corrected chi connectivity index (χ2v) is 5.72. The Morgan fingerprint density at radius 2 is 1.24 bits per heavy atom. The minimum Gasteiger partial charge on any atom is -0.289 e. The highest BCUT2D eigenvalue weighted by molar-refractivity contribution is 7.99. The number of hydrogen-bond donors (Lipinski definition) is 0. The van der Waals surface area contributed by atoms with Crippen LogP contribution < -0.4 is 0 Å². The molecule has 0 radical (unpaired) electrons. The summed E-state index contributed by atoms with van der Waals surface area (Å²) in [5.41, 5.74) is 1.47. The third-order valence-corrected chi connectivity index (χ3v) is 4.22. The first-order chi connectivity index (χ1) is 10.3. The van der Waals surface area contributed by atoms with Gasteiger partial charge >= 0.3 is 0 Å². The van der Waals surface area contributed by atoms with Crippen LogP contribution in [0.1, 0.15) is 15.9 Å². The molecular weight excluding hydrogens is 276 g/mol. The Labute approximate surface area is 128 Å². The number of benzene rings is 3. The van der Waals surface area contributed by atoms with Crippen LogP contribution in [-0.2, 0) is 0 Å². The Bertz CT molecular complexity index is 736. The molecule has 0 aliphatic rings. The lowest BCUT2D eigenvalue weighted by molar-refractivity contribution is 0.103. The molecule has 0 fully saturated rings. The molecule has 1 nitrogen and oxygen atoms in total. The molecule has 102 valence electrons. The van der Waals surface area contributed by atoms with Gasteiger partial charge in [-0.1, -0.05) is 72.4 Å². The summed E-state index contributed by atoms with van der Waals surface area (Å²) in [6.45, 7) is 0. The van der Waals surface area contributed by atoms with Gasteiger partial charge in [0.05, 0.1) is 0 Å². The van der Waals surface area contributed by atoms with Crippen molar-refractivity contribution in [1.29, 1.82) is 0 Å². The Morgan fingerprint density at radius 3 is 1.95 bits per heavy atom. The van der Waals surface area contributed by atoms with Crippen LogP contribution in [0.15, 0.2) is 94.7 Å². The summed E-state index contributed by atoms with van der Waals surface area (Å²) in [4.78, 5) is 14.8. The number of rotatable bonds is 4. The van der Waals surface area contributed by atoms with Crippen LogP contribution in [0.4, 0.5) is 0 Å². The number of carbonyl (C=O) groups is 1. The molecule has 0 amide bonds. The third kappa shape index (κ3) is 3.23. The van der Waals surface area contributed by atoms with E-state index in [1.165, 1.54) is 0 Å². The highest BCUT2D eigenvalue weighted by Crippen LogP contribution is 2.31. The van der Waals surface area contributed by atoms with Crippen LogP contribution in [0.5, 0.6) is 0 Å². The van der Waals surface area contributed by atoms with Crippen LogP contribution in [0, 0.1) is 0 Å². The zero-order valence-electron chi connectivity index (χ0n) is 11.4. The van der Waals surface area contributed by atoms with E-state index in [0.29, 0.717) is 0 Å². The van der Waals surface area contributed by atoms with Gasteiger partial charge in [-0.05, 0) is 24.3 Å². The molecule has 0 atom stereocenters. The highest BCUT2D eigenvalue weighted by Gasteiger charge is 2.13. The summed E-state index contributed by atoms with van der Waals surface area (Å²) in [5.74, 6) is 0.0645. The van der Waals surface area contributed by atoms with E-state index in [2.05, 4.69) is 12.1 Å². The van der Waals surface area contributed by atoms with Crippen molar-refractivity contribution in [2.45, 2.75) is 9.79 Å². The Kier molecular flexibility index (Phi) is 4.17. The van der Waals surface area contributed by atoms with Crippen LogP contribution in [0.3, 0.4) is 0 Å². The quantitative estimate of drug-likeness (QED) is 0.624. The topological polar surface area (TPSA) is 17.1 Å². The Morgan fingerprint density at radius 1 is 0.667 bits per heavy atom. The average molecular weight is 290 g/mol. The first-order valence-corrected chi connectivity index (χ1v) is 7.58. The maximum atomic E-state index is 12.6. The van der Waals surface area contributed by atoms with Crippen molar-refractivity contribution in [1.82, 2.24) is 0 Å². The summed E-state index contributed by atoms with van der Waals surface area (Å²) >= 11 is 1.62. The van der Waals surface area contributed by atoms with E-state index < -0.39 is 0 Å². The second-order valence-electron chi connectivity index (χ2n) is 4.61. The fourth-order valence-corrected chi connectivity index (χ4v) is 3.07. The zero-order chi connectivity index (χ0) is 14.5. The summed E-state index contributed by atoms with van der Waals surface area (Å²) in [7, 11) is 0. The molecule has 21 heavy (non-hydrogen) atoms. The molecular formula is C19H14OS. The molecule has 3 aromatic carbocycles. The third-order valence-electron chi connectivity index (χ3n) is 3.14. The van der Waals surface area contributed by atoms with Crippen molar-refractivity contribution in [3.05, 3.63) is 96.1 Å². The Balaban J connectivity index is 1.95. The van der Waals surface area contributed by atoms with Crippen molar-refractivity contribution < 1.29 is 4.79 Å². The smallest absolute Gasteiger partial charge is 0.194 e. The molecule has 0 saturated heterocycles. The lowest BCUT2D eigenvalue weighted by Crippen LogP contribution is -2.02. The van der Waals surface area contributed by atoms with E-state index in [0.717, 1.165) is 20.9 Å². The fraction of sp³-hybridized carbons (Fsp3) is 0. The lowest BCUT2D eigenvalue weighted by atomic mass is 10.0. The van der Waals surface area contributed by atoms with Gasteiger partial charge in [0.1, 0.15) is 0 Å². The van der Waals surface area contributed by atoms with E-state index in [-0.39, 0.29) is 5.78 Å². The van der Waals surface area contributed by atoms with Crippen molar-refractivity contribution in [2.24, 2.45) is 0 Å². The van der Waals surface area contributed by atoms with Crippen LogP contribution in [0.25, 0.3) is 0 Å². The number of hydrogen-bond acceptors (Lipinski definition) is 2. The van der Waals surface area contributed by atoms with E-state index in [1.807, 2.05) is 72.8 Å². The van der Waals surface area contributed by atoms with Gasteiger partial charge in [-0.2, -0.15) is 0 Å². The summed E-state index contributed by atoms with van der Waals surface area (Å²) < 4.78 is 0. The summed E-state index contributed by atoms with van der Waals surface area (Å²) in [5, 5.41) is 0. The van der Waals surface area contributed by atoms with E-state index in [4.69, 9.17) is 0 Å². The first-order valence-electron chi connectivity index (χ1n) is 6.76. The van der Waals surface area contributed by atoms with Crippen LogP contribution >= 0.6 is 11.8 Å². The molecule has 2 heteroatoms. The lowest BCUT2D eigenvalue weighted by Gasteiger charge is -2.08. The van der Waals surface area contributed by atoms with Crippen molar-refractivity contribution in [3.8, 4) is 0 Å². The van der Waals surface area contributed by atoms with Gasteiger partial charge in [0, 0.05) is 20.9 Å². The predicted molar refractivity (Wildman–Crippen MR) is 86.9 cm³/mol. The molecule has 0 N–H and O–H groups in total. The minimum absolute atomic E-state index is 0.0645. The number of carbonyl (C=O) groups excluding carboxylic acids is 1. The van der Waals surface area contributed by atoms with Gasteiger partial charge in [-0.3, -0.25) is 4.79 Å². The van der Waals surface area contributed by atoms with Crippen molar-refractivity contribution in [2.75, 3.05) is 0 Å². The van der Waals surface area contributed by atoms with Crippen LogP contribution in [-0.4, -0.2) is 5.78 Å². The van der Waals surface area contributed by atoms with Gasteiger partial charge in [0.15, 0.2) is 5.78 Å². The molecule has 3 rings (SSSR count). The largest absolute Gasteiger partial charge is 0.289 e. The fourth-order valence-electron chi connectivity index (χ4n) is 2.10. The SMILES string of the molecule is O=C(c1ccccc1)c1ccccc1Sc1ccccc1. The monoisotopic (exact) mass is 290 g/mol. The molecule has 0 bridgehead atoms.